The summed E-state index contributed by atoms with van der Waals surface area (Å²) in [5.74, 6) is -1.82. The van der Waals surface area contributed by atoms with E-state index in [1.807, 2.05) is 0 Å². The van der Waals surface area contributed by atoms with Crippen LogP contribution in [-0.4, -0.2) is 25.1 Å². The van der Waals surface area contributed by atoms with Crippen LogP contribution in [0.15, 0.2) is 0 Å². The molecule has 0 aliphatic carbocycles. The smallest absolute Gasteiger partial charge is 0.305 e. The van der Waals surface area contributed by atoms with Crippen LogP contribution in [0.25, 0.3) is 0 Å². The quantitative estimate of drug-likeness (QED) is 0.481. The number of hydrogen-bond acceptors (Lipinski definition) is 5. The molecule has 2 N–H and O–H groups in total. The molecule has 11 heavy (non-hydrogen) atoms. The second-order valence-corrected chi connectivity index (χ2v) is 2.04. The van der Waals surface area contributed by atoms with E-state index in [2.05, 4.69) is 4.74 Å². The molecule has 0 aliphatic heterocycles. The van der Waals surface area contributed by atoms with Gasteiger partial charge in [0.05, 0.1) is 13.1 Å². The first kappa shape index (κ1) is 9.90. The standard InChI is InChI=1S/C6H11NO4/c1-11-5(8)3-2-4(7)6(9)10/h4H,2-3,7H2,1H3,(H,9,10)/p-1/t4-/m1/s1. The number of aliphatic carboxylic acids is 1. The lowest BCUT2D eigenvalue weighted by Gasteiger charge is -2.10. The molecule has 0 aliphatic rings. The Hall–Kier alpha value is -1.10. The molecule has 0 aromatic rings. The van der Waals surface area contributed by atoms with Crippen LogP contribution in [0.5, 0.6) is 0 Å². The van der Waals surface area contributed by atoms with Crippen LogP contribution in [0.3, 0.4) is 0 Å². The van der Waals surface area contributed by atoms with Crippen LogP contribution in [0.1, 0.15) is 12.8 Å². The molecule has 0 unspecified atom stereocenters. The highest BCUT2D eigenvalue weighted by atomic mass is 16.5. The minimum atomic E-state index is -1.35. The minimum Gasteiger partial charge on any atom is -0.548 e. The van der Waals surface area contributed by atoms with Crippen molar-refractivity contribution in [3.63, 3.8) is 0 Å². The van der Waals surface area contributed by atoms with E-state index in [0.717, 1.165) is 0 Å². The summed E-state index contributed by atoms with van der Waals surface area (Å²) in [5, 5.41) is 10.0. The number of ether oxygens (including phenoxy) is 1. The predicted molar refractivity (Wildman–Crippen MR) is 34.2 cm³/mol. The Labute approximate surface area is 64.1 Å². The van der Waals surface area contributed by atoms with Crippen molar-refractivity contribution in [1.29, 1.82) is 0 Å². The van der Waals surface area contributed by atoms with Crippen molar-refractivity contribution < 1.29 is 19.4 Å². The van der Waals surface area contributed by atoms with Gasteiger partial charge in [-0.1, -0.05) is 0 Å². The minimum absolute atomic E-state index is 0.00560. The Balaban J connectivity index is 3.54. The van der Waals surface area contributed by atoms with E-state index in [9.17, 15) is 14.7 Å². The van der Waals surface area contributed by atoms with E-state index in [1.165, 1.54) is 7.11 Å². The monoisotopic (exact) mass is 160 g/mol. The molecule has 0 aromatic heterocycles. The first-order valence-corrected chi connectivity index (χ1v) is 3.11. The van der Waals surface area contributed by atoms with Crippen molar-refractivity contribution in [2.24, 2.45) is 5.73 Å². The third-order valence-electron chi connectivity index (χ3n) is 1.19. The summed E-state index contributed by atoms with van der Waals surface area (Å²) in [6.07, 6.45) is 0.0562. The zero-order valence-electron chi connectivity index (χ0n) is 6.20. The highest BCUT2D eigenvalue weighted by molar-refractivity contribution is 5.73. The Kier molecular flexibility index (Phi) is 4.21. The fourth-order valence-corrected chi connectivity index (χ4v) is 0.493. The highest BCUT2D eigenvalue weighted by Crippen LogP contribution is 1.94. The molecule has 5 heteroatoms. The summed E-state index contributed by atoms with van der Waals surface area (Å²) in [7, 11) is 1.23. The Morgan fingerprint density at radius 2 is 2.18 bits per heavy atom. The Bertz CT molecular complexity index is 157. The Morgan fingerprint density at radius 1 is 1.64 bits per heavy atom. The van der Waals surface area contributed by atoms with E-state index < -0.39 is 18.0 Å². The number of nitrogens with two attached hydrogens (primary N) is 1. The molecule has 0 aromatic carbocycles. The van der Waals surface area contributed by atoms with Crippen molar-refractivity contribution in [1.82, 2.24) is 0 Å². The predicted octanol–water partition coefficient (Wildman–Crippen LogP) is -1.98. The molecule has 0 heterocycles. The van der Waals surface area contributed by atoms with E-state index in [4.69, 9.17) is 5.73 Å². The third kappa shape index (κ3) is 4.32. The first-order chi connectivity index (χ1) is 5.07. The fourth-order valence-electron chi connectivity index (χ4n) is 0.493. The molecule has 0 radical (unpaired) electrons. The molecular formula is C6H10NO4-. The van der Waals surface area contributed by atoms with Gasteiger partial charge < -0.3 is 20.4 Å². The van der Waals surface area contributed by atoms with Gasteiger partial charge in [-0.3, -0.25) is 4.79 Å². The van der Waals surface area contributed by atoms with E-state index >= 15 is 0 Å². The van der Waals surface area contributed by atoms with Crippen molar-refractivity contribution in [2.75, 3.05) is 7.11 Å². The van der Waals surface area contributed by atoms with E-state index in [-0.39, 0.29) is 12.8 Å². The number of rotatable bonds is 4. The summed E-state index contributed by atoms with van der Waals surface area (Å²) in [5.41, 5.74) is 5.05. The number of hydrogen-bond donors (Lipinski definition) is 1. The summed E-state index contributed by atoms with van der Waals surface area (Å²) in [6, 6.07) is -1.09. The Morgan fingerprint density at radius 3 is 2.55 bits per heavy atom. The number of carbonyl (C=O) groups excluding carboxylic acids is 2. The third-order valence-corrected chi connectivity index (χ3v) is 1.19. The second-order valence-electron chi connectivity index (χ2n) is 2.04. The molecule has 0 bridgehead atoms. The second kappa shape index (κ2) is 4.68. The molecule has 0 rings (SSSR count). The molecule has 0 saturated heterocycles. The number of carboxylic acids is 1. The average molecular weight is 160 g/mol. The summed E-state index contributed by atoms with van der Waals surface area (Å²) in [4.78, 5) is 20.5. The number of carbonyl (C=O) groups is 2. The summed E-state index contributed by atoms with van der Waals surface area (Å²) < 4.78 is 4.27. The maximum atomic E-state index is 10.4. The average Bonchev–Trinajstić information content (AvgIpc) is 1.99. The van der Waals surface area contributed by atoms with Crippen LogP contribution in [0.2, 0.25) is 0 Å². The van der Waals surface area contributed by atoms with Gasteiger partial charge in [0.15, 0.2) is 0 Å². The zero-order chi connectivity index (χ0) is 8.85. The van der Waals surface area contributed by atoms with Gasteiger partial charge >= 0.3 is 5.97 Å². The molecular weight excluding hydrogens is 150 g/mol. The van der Waals surface area contributed by atoms with Gasteiger partial charge in [0.2, 0.25) is 0 Å². The summed E-state index contributed by atoms with van der Waals surface area (Å²) >= 11 is 0. The van der Waals surface area contributed by atoms with E-state index in [1.54, 1.807) is 0 Å². The van der Waals surface area contributed by atoms with Gasteiger partial charge in [-0.25, -0.2) is 0 Å². The highest BCUT2D eigenvalue weighted by Gasteiger charge is 2.06. The van der Waals surface area contributed by atoms with Crippen LogP contribution in [0, 0.1) is 0 Å². The topological polar surface area (TPSA) is 92.5 Å². The maximum Gasteiger partial charge on any atom is 0.305 e. The molecule has 0 saturated carbocycles. The van der Waals surface area contributed by atoms with Gasteiger partial charge in [0.1, 0.15) is 0 Å². The maximum absolute atomic E-state index is 10.4. The van der Waals surface area contributed by atoms with Crippen molar-refractivity contribution >= 4 is 11.9 Å². The van der Waals surface area contributed by atoms with Crippen LogP contribution >= 0.6 is 0 Å². The fraction of sp³-hybridized carbons (Fsp3) is 0.667. The van der Waals surface area contributed by atoms with Crippen LogP contribution in [-0.2, 0) is 14.3 Å². The van der Waals surface area contributed by atoms with Gasteiger partial charge in [0.25, 0.3) is 0 Å². The van der Waals surface area contributed by atoms with Gasteiger partial charge in [0, 0.05) is 12.5 Å². The van der Waals surface area contributed by atoms with Crippen molar-refractivity contribution in [3.8, 4) is 0 Å². The normalized spacial score (nSPS) is 12.2. The SMILES string of the molecule is COC(=O)CC[C@@H](N)C(=O)[O-]. The molecule has 1 atom stereocenters. The van der Waals surface area contributed by atoms with Gasteiger partial charge in [-0.2, -0.15) is 0 Å². The lowest BCUT2D eigenvalue weighted by atomic mass is 10.2. The first-order valence-electron chi connectivity index (χ1n) is 3.11. The molecule has 0 spiro atoms. The summed E-state index contributed by atoms with van der Waals surface area (Å²) in [6.45, 7) is 0. The van der Waals surface area contributed by atoms with Gasteiger partial charge in [-0.15, -0.1) is 0 Å². The van der Waals surface area contributed by atoms with Crippen molar-refractivity contribution in [2.45, 2.75) is 18.9 Å². The molecule has 5 nitrogen and oxygen atoms in total. The number of esters is 1. The lowest BCUT2D eigenvalue weighted by molar-refractivity contribution is -0.307. The van der Waals surface area contributed by atoms with Crippen LogP contribution in [0.4, 0.5) is 0 Å². The van der Waals surface area contributed by atoms with Crippen molar-refractivity contribution in [3.05, 3.63) is 0 Å². The van der Waals surface area contributed by atoms with E-state index in [0.29, 0.717) is 0 Å². The molecule has 0 fully saturated rings. The molecule has 64 valence electrons. The van der Waals surface area contributed by atoms with Crippen LogP contribution < -0.4 is 10.8 Å². The molecule has 0 amide bonds. The number of carboxylic acid groups (broad SMARTS) is 1. The largest absolute Gasteiger partial charge is 0.548 e. The number of methoxy groups -OCH3 is 1. The zero-order valence-corrected chi connectivity index (χ0v) is 6.20. The lowest BCUT2D eigenvalue weighted by Crippen LogP contribution is -2.42. The van der Waals surface area contributed by atoms with Gasteiger partial charge in [-0.05, 0) is 6.42 Å².